The van der Waals surface area contributed by atoms with E-state index in [1.165, 1.54) is 0 Å². The number of amides is 1. The van der Waals surface area contributed by atoms with Crippen LogP contribution < -0.4 is 4.90 Å². The van der Waals surface area contributed by atoms with E-state index < -0.39 is 0 Å². The number of benzene rings is 1. The van der Waals surface area contributed by atoms with Gasteiger partial charge in [-0.15, -0.1) is 0 Å². The molecule has 0 saturated carbocycles. The maximum atomic E-state index is 12.4. The molecule has 1 heterocycles. The third-order valence-electron chi connectivity index (χ3n) is 2.89. The molecule has 0 aliphatic rings. The smallest absolute Gasteiger partial charge is 0.229 e. The minimum absolute atomic E-state index is 0.0307. The highest BCUT2D eigenvalue weighted by Gasteiger charge is 2.18. The number of pyridine rings is 1. The Balaban J connectivity index is 2.28. The van der Waals surface area contributed by atoms with Gasteiger partial charge < -0.3 is 4.90 Å². The Morgan fingerprint density at radius 2 is 1.89 bits per heavy atom. The fraction of sp³-hybridized carbons (Fsp3) is 0.250. The van der Waals surface area contributed by atoms with Gasteiger partial charge in [-0.1, -0.05) is 38.1 Å². The summed E-state index contributed by atoms with van der Waals surface area (Å²) in [6.07, 6.45) is 3.53. The quantitative estimate of drug-likeness (QED) is 0.839. The maximum Gasteiger partial charge on any atom is 0.229 e. The molecule has 0 radical (unpaired) electrons. The van der Waals surface area contributed by atoms with Gasteiger partial charge in [0, 0.05) is 24.0 Å². The van der Waals surface area contributed by atoms with Crippen molar-refractivity contribution < 1.29 is 4.79 Å². The van der Waals surface area contributed by atoms with Crippen molar-refractivity contribution in [1.29, 1.82) is 0 Å². The van der Waals surface area contributed by atoms with Gasteiger partial charge in [-0.25, -0.2) is 0 Å². The van der Waals surface area contributed by atoms with E-state index in [9.17, 15) is 4.79 Å². The van der Waals surface area contributed by atoms with Crippen molar-refractivity contribution in [3.8, 4) is 0 Å². The third kappa shape index (κ3) is 3.41. The van der Waals surface area contributed by atoms with Crippen LogP contribution in [0.2, 0.25) is 0 Å². The van der Waals surface area contributed by atoms with Crippen molar-refractivity contribution in [2.24, 2.45) is 5.92 Å². The molecule has 98 valence electrons. The second-order valence-corrected chi connectivity index (χ2v) is 4.78. The van der Waals surface area contributed by atoms with E-state index >= 15 is 0 Å². The lowest BCUT2D eigenvalue weighted by atomic mass is 10.1. The van der Waals surface area contributed by atoms with Gasteiger partial charge in [0.25, 0.3) is 0 Å². The molecule has 1 aromatic carbocycles. The van der Waals surface area contributed by atoms with E-state index in [1.54, 1.807) is 12.4 Å². The zero-order valence-corrected chi connectivity index (χ0v) is 11.3. The van der Waals surface area contributed by atoms with Crippen LogP contribution in [0.4, 0.5) is 5.69 Å². The molecule has 0 unspecified atom stereocenters. The first-order valence-corrected chi connectivity index (χ1v) is 6.44. The molecule has 19 heavy (non-hydrogen) atoms. The van der Waals surface area contributed by atoms with Gasteiger partial charge in [-0.05, 0) is 23.8 Å². The van der Waals surface area contributed by atoms with Crippen LogP contribution in [0, 0.1) is 5.92 Å². The van der Waals surface area contributed by atoms with E-state index in [1.807, 2.05) is 61.2 Å². The first kappa shape index (κ1) is 13.3. The molecule has 3 heteroatoms. The number of aromatic nitrogens is 1. The van der Waals surface area contributed by atoms with Crippen LogP contribution in [0.1, 0.15) is 19.4 Å². The first-order valence-electron chi connectivity index (χ1n) is 6.44. The highest BCUT2D eigenvalue weighted by molar-refractivity contribution is 5.94. The molecule has 0 aliphatic carbocycles. The molecule has 0 N–H and O–H groups in total. The molecular formula is C16H18N2O. The van der Waals surface area contributed by atoms with Crippen LogP contribution in [0.5, 0.6) is 0 Å². The molecular weight excluding hydrogens is 236 g/mol. The Labute approximate surface area is 113 Å². The second-order valence-electron chi connectivity index (χ2n) is 4.78. The molecule has 0 fully saturated rings. The minimum atomic E-state index is -0.0307. The predicted molar refractivity (Wildman–Crippen MR) is 76.7 cm³/mol. The molecule has 0 aliphatic heterocycles. The SMILES string of the molecule is CC(C)C(=O)N(Cc1cccnc1)c1ccccc1. The molecule has 0 spiro atoms. The van der Waals surface area contributed by atoms with Crippen molar-refractivity contribution in [1.82, 2.24) is 4.98 Å². The lowest BCUT2D eigenvalue weighted by molar-refractivity contribution is -0.121. The second kappa shape index (κ2) is 6.14. The van der Waals surface area contributed by atoms with Gasteiger partial charge in [0.2, 0.25) is 5.91 Å². The van der Waals surface area contributed by atoms with Gasteiger partial charge in [0.1, 0.15) is 0 Å². The zero-order valence-electron chi connectivity index (χ0n) is 11.3. The maximum absolute atomic E-state index is 12.4. The third-order valence-corrected chi connectivity index (χ3v) is 2.89. The average Bonchev–Trinajstić information content (AvgIpc) is 2.46. The summed E-state index contributed by atoms with van der Waals surface area (Å²) < 4.78 is 0. The van der Waals surface area contributed by atoms with Gasteiger partial charge in [0.15, 0.2) is 0 Å². The van der Waals surface area contributed by atoms with Crippen LogP contribution in [0.3, 0.4) is 0 Å². The van der Waals surface area contributed by atoms with Gasteiger partial charge in [0.05, 0.1) is 6.54 Å². The standard InChI is InChI=1S/C16H18N2O/c1-13(2)16(19)18(15-8-4-3-5-9-15)12-14-7-6-10-17-11-14/h3-11,13H,12H2,1-2H3. The van der Waals surface area contributed by atoms with Gasteiger partial charge >= 0.3 is 0 Å². The van der Waals surface area contributed by atoms with Crippen molar-refractivity contribution in [3.63, 3.8) is 0 Å². The molecule has 2 rings (SSSR count). The summed E-state index contributed by atoms with van der Waals surface area (Å²) in [4.78, 5) is 18.3. The van der Waals surface area contributed by atoms with Crippen LogP contribution >= 0.6 is 0 Å². The molecule has 0 saturated heterocycles. The fourth-order valence-corrected chi connectivity index (χ4v) is 1.89. The van der Waals surface area contributed by atoms with Crippen molar-refractivity contribution in [2.45, 2.75) is 20.4 Å². The lowest BCUT2D eigenvalue weighted by Crippen LogP contribution is -2.33. The van der Waals surface area contributed by atoms with Crippen LogP contribution in [0.25, 0.3) is 0 Å². The topological polar surface area (TPSA) is 33.2 Å². The summed E-state index contributed by atoms with van der Waals surface area (Å²) in [5, 5.41) is 0. The van der Waals surface area contributed by atoms with E-state index in [-0.39, 0.29) is 11.8 Å². The lowest BCUT2D eigenvalue weighted by Gasteiger charge is -2.24. The Morgan fingerprint density at radius 3 is 2.47 bits per heavy atom. The van der Waals surface area contributed by atoms with E-state index in [0.717, 1.165) is 11.3 Å². The number of anilines is 1. The molecule has 3 nitrogen and oxygen atoms in total. The monoisotopic (exact) mass is 254 g/mol. The normalized spacial score (nSPS) is 10.5. The molecule has 1 amide bonds. The van der Waals surface area contributed by atoms with Crippen LogP contribution in [-0.4, -0.2) is 10.9 Å². The number of nitrogens with zero attached hydrogens (tertiary/aromatic N) is 2. The molecule has 0 bridgehead atoms. The zero-order chi connectivity index (χ0) is 13.7. The van der Waals surface area contributed by atoms with Crippen LogP contribution in [0.15, 0.2) is 54.9 Å². The molecule has 1 aromatic heterocycles. The number of hydrogen-bond donors (Lipinski definition) is 0. The average molecular weight is 254 g/mol. The number of carbonyl (C=O) groups is 1. The van der Waals surface area contributed by atoms with E-state index in [2.05, 4.69) is 4.98 Å². The number of carbonyl (C=O) groups excluding carboxylic acids is 1. The summed E-state index contributed by atoms with van der Waals surface area (Å²) in [5.41, 5.74) is 1.95. The number of rotatable bonds is 4. The van der Waals surface area contributed by atoms with Gasteiger partial charge in [-0.3, -0.25) is 9.78 Å². The summed E-state index contributed by atoms with van der Waals surface area (Å²) in [6.45, 7) is 4.39. The Bertz CT molecular complexity index is 523. The Morgan fingerprint density at radius 1 is 1.16 bits per heavy atom. The van der Waals surface area contributed by atoms with Crippen molar-refractivity contribution >= 4 is 11.6 Å². The largest absolute Gasteiger partial charge is 0.308 e. The molecule has 0 atom stereocenters. The summed E-state index contributed by atoms with van der Waals surface area (Å²) in [7, 11) is 0. The Hall–Kier alpha value is -2.16. The number of para-hydroxylation sites is 1. The minimum Gasteiger partial charge on any atom is -0.308 e. The number of hydrogen-bond acceptors (Lipinski definition) is 2. The van der Waals surface area contributed by atoms with Gasteiger partial charge in [-0.2, -0.15) is 0 Å². The molecule has 2 aromatic rings. The summed E-state index contributed by atoms with van der Waals surface area (Å²) >= 11 is 0. The first-order chi connectivity index (χ1) is 9.18. The highest BCUT2D eigenvalue weighted by Crippen LogP contribution is 2.19. The summed E-state index contributed by atoms with van der Waals surface area (Å²) in [6, 6.07) is 13.6. The Kier molecular flexibility index (Phi) is 4.29. The highest BCUT2D eigenvalue weighted by atomic mass is 16.2. The van der Waals surface area contributed by atoms with Crippen molar-refractivity contribution in [3.05, 3.63) is 60.4 Å². The van der Waals surface area contributed by atoms with Crippen molar-refractivity contribution in [2.75, 3.05) is 4.90 Å². The van der Waals surface area contributed by atoms with Crippen LogP contribution in [-0.2, 0) is 11.3 Å². The van der Waals surface area contributed by atoms with E-state index in [4.69, 9.17) is 0 Å². The predicted octanol–water partition coefficient (Wildman–Crippen LogP) is 3.27. The fourth-order valence-electron chi connectivity index (χ4n) is 1.89. The van der Waals surface area contributed by atoms with E-state index in [0.29, 0.717) is 6.54 Å². The summed E-state index contributed by atoms with van der Waals surface area (Å²) in [5.74, 6) is 0.0898.